The first kappa shape index (κ1) is 18.2. The normalized spacial score (nSPS) is 22.6. The molecule has 1 rings (SSSR count). The number of nitrogens with one attached hydrogen (secondary N) is 1. The Morgan fingerprint density at radius 2 is 2.00 bits per heavy atom. The molecule has 3 N–H and O–H groups in total. The van der Waals surface area contributed by atoms with Crippen LogP contribution in [0.3, 0.4) is 0 Å². The average molecular weight is 292 g/mol. The Morgan fingerprint density at radius 1 is 1.37 bits per heavy atom. The lowest BCUT2D eigenvalue weighted by atomic mass is 9.85. The van der Waals surface area contributed by atoms with Crippen LogP contribution in [0.25, 0.3) is 0 Å². The number of nitrogens with zero attached hydrogens (tertiary/aromatic N) is 1. The lowest BCUT2D eigenvalue weighted by Gasteiger charge is -2.29. The van der Waals surface area contributed by atoms with Gasteiger partial charge < -0.3 is 16.0 Å². The van der Waals surface area contributed by atoms with Crippen molar-refractivity contribution in [2.75, 3.05) is 13.6 Å². The molecular weight excluding hydrogens is 266 g/mol. The van der Waals surface area contributed by atoms with Gasteiger partial charge in [0.1, 0.15) is 0 Å². The minimum atomic E-state index is -0.110. The van der Waals surface area contributed by atoms with Crippen molar-refractivity contribution in [2.45, 2.75) is 51.6 Å². The summed E-state index contributed by atoms with van der Waals surface area (Å²) in [5.41, 5.74) is 5.88. The molecule has 5 nitrogen and oxygen atoms in total. The maximum Gasteiger partial charge on any atom is 0.239 e. The molecule has 1 fully saturated rings. The van der Waals surface area contributed by atoms with Crippen LogP contribution < -0.4 is 11.1 Å². The fourth-order valence-electron chi connectivity index (χ4n) is 2.42. The van der Waals surface area contributed by atoms with Gasteiger partial charge in [-0.15, -0.1) is 12.4 Å². The second kappa shape index (κ2) is 8.38. The van der Waals surface area contributed by atoms with Crippen LogP contribution in [0.5, 0.6) is 0 Å². The first-order valence-corrected chi connectivity index (χ1v) is 6.70. The zero-order chi connectivity index (χ0) is 13.7. The summed E-state index contributed by atoms with van der Waals surface area (Å²) in [5.74, 6) is -0.0735. The molecule has 2 atom stereocenters. The van der Waals surface area contributed by atoms with Gasteiger partial charge in [0.25, 0.3) is 0 Å². The predicted molar refractivity (Wildman–Crippen MR) is 78.1 cm³/mol. The first-order valence-electron chi connectivity index (χ1n) is 6.70. The summed E-state index contributed by atoms with van der Waals surface area (Å²) in [6, 6.07) is 0.231. The summed E-state index contributed by atoms with van der Waals surface area (Å²) in [5, 5.41) is 2.78. The summed E-state index contributed by atoms with van der Waals surface area (Å²) in [6.45, 7) is 3.93. The van der Waals surface area contributed by atoms with E-state index in [4.69, 9.17) is 5.73 Å². The van der Waals surface area contributed by atoms with Gasteiger partial charge in [-0.05, 0) is 33.1 Å². The van der Waals surface area contributed by atoms with Gasteiger partial charge in [0, 0.05) is 25.0 Å². The molecule has 6 heteroatoms. The molecule has 1 aliphatic carbocycles. The Kier molecular flexibility index (Phi) is 8.02. The van der Waals surface area contributed by atoms with E-state index in [-0.39, 0.29) is 48.8 Å². The molecule has 112 valence electrons. The number of hydrogen-bond acceptors (Lipinski definition) is 3. The topological polar surface area (TPSA) is 75.4 Å². The molecule has 1 aliphatic rings. The van der Waals surface area contributed by atoms with Crippen molar-refractivity contribution < 1.29 is 9.59 Å². The molecule has 0 aromatic rings. The molecule has 0 spiro atoms. The summed E-state index contributed by atoms with van der Waals surface area (Å²) in [6.07, 6.45) is 3.64. The Bertz CT molecular complexity index is 310. The van der Waals surface area contributed by atoms with Crippen molar-refractivity contribution in [3.8, 4) is 0 Å². The molecule has 1 saturated carbocycles. The van der Waals surface area contributed by atoms with E-state index in [9.17, 15) is 9.59 Å². The highest BCUT2D eigenvalue weighted by atomic mass is 35.5. The van der Waals surface area contributed by atoms with Gasteiger partial charge in [-0.3, -0.25) is 9.59 Å². The van der Waals surface area contributed by atoms with E-state index in [1.165, 1.54) is 4.90 Å². The number of likely N-dealkylation sites (N-methyl/N-ethyl adjacent to an activating group) is 1. The van der Waals surface area contributed by atoms with Crippen LogP contribution in [0, 0.1) is 5.92 Å². The molecule has 19 heavy (non-hydrogen) atoms. The van der Waals surface area contributed by atoms with Gasteiger partial charge in [-0.25, -0.2) is 0 Å². The van der Waals surface area contributed by atoms with E-state index >= 15 is 0 Å². The fourth-order valence-corrected chi connectivity index (χ4v) is 2.42. The van der Waals surface area contributed by atoms with Crippen LogP contribution in [0.4, 0.5) is 0 Å². The van der Waals surface area contributed by atoms with Crippen molar-refractivity contribution in [3.05, 3.63) is 0 Å². The molecular formula is C13H26ClN3O2. The number of carbonyl (C=O) groups excluding carboxylic acids is 2. The average Bonchev–Trinajstić information content (AvgIpc) is 2.26. The van der Waals surface area contributed by atoms with Gasteiger partial charge in [-0.1, -0.05) is 6.42 Å². The monoisotopic (exact) mass is 291 g/mol. The Hall–Kier alpha value is -0.810. The van der Waals surface area contributed by atoms with Crippen LogP contribution in [0.1, 0.15) is 39.5 Å². The van der Waals surface area contributed by atoms with Crippen LogP contribution in [-0.4, -0.2) is 42.4 Å². The van der Waals surface area contributed by atoms with Crippen molar-refractivity contribution in [2.24, 2.45) is 11.7 Å². The summed E-state index contributed by atoms with van der Waals surface area (Å²) in [4.78, 5) is 25.3. The number of amides is 2. The summed E-state index contributed by atoms with van der Waals surface area (Å²) >= 11 is 0. The van der Waals surface area contributed by atoms with Gasteiger partial charge in [0.15, 0.2) is 0 Å². The van der Waals surface area contributed by atoms with Gasteiger partial charge in [-0.2, -0.15) is 0 Å². The standard InChI is InChI=1S/C13H25N3O2.ClH/c1-9(2)15-12(17)8-16(3)13(18)10-5-4-6-11(14)7-10;/h9-11H,4-8,14H2,1-3H3,(H,15,17);1H. The van der Waals surface area contributed by atoms with Crippen LogP contribution in [0.15, 0.2) is 0 Å². The minimum Gasteiger partial charge on any atom is -0.352 e. The Morgan fingerprint density at radius 3 is 2.53 bits per heavy atom. The maximum absolute atomic E-state index is 12.2. The highest BCUT2D eigenvalue weighted by Gasteiger charge is 2.28. The third-order valence-electron chi connectivity index (χ3n) is 3.27. The lowest BCUT2D eigenvalue weighted by Crippen LogP contribution is -2.44. The van der Waals surface area contributed by atoms with Crippen molar-refractivity contribution >= 4 is 24.2 Å². The summed E-state index contributed by atoms with van der Waals surface area (Å²) in [7, 11) is 1.68. The van der Waals surface area contributed by atoms with Crippen molar-refractivity contribution in [1.29, 1.82) is 0 Å². The first-order chi connectivity index (χ1) is 8.40. The Labute approximate surface area is 121 Å². The third kappa shape index (κ3) is 6.25. The highest BCUT2D eigenvalue weighted by Crippen LogP contribution is 2.24. The second-order valence-electron chi connectivity index (χ2n) is 5.54. The van der Waals surface area contributed by atoms with Gasteiger partial charge in [0.2, 0.25) is 11.8 Å². The van der Waals surface area contributed by atoms with Crippen molar-refractivity contribution in [3.63, 3.8) is 0 Å². The molecule has 2 unspecified atom stereocenters. The molecule has 0 heterocycles. The number of nitrogens with two attached hydrogens (primary N) is 1. The van der Waals surface area contributed by atoms with Crippen LogP contribution in [0.2, 0.25) is 0 Å². The third-order valence-corrected chi connectivity index (χ3v) is 3.27. The highest BCUT2D eigenvalue weighted by molar-refractivity contribution is 5.86. The molecule has 2 amide bonds. The predicted octanol–water partition coefficient (Wildman–Crippen LogP) is 0.909. The maximum atomic E-state index is 12.2. The second-order valence-corrected chi connectivity index (χ2v) is 5.54. The molecule has 0 radical (unpaired) electrons. The fraction of sp³-hybridized carbons (Fsp3) is 0.846. The molecule has 0 aromatic heterocycles. The minimum absolute atomic E-state index is 0. The largest absolute Gasteiger partial charge is 0.352 e. The number of rotatable bonds is 4. The van der Waals surface area contributed by atoms with E-state index in [1.807, 2.05) is 13.8 Å². The molecule has 0 aliphatic heterocycles. The van der Waals surface area contributed by atoms with Gasteiger partial charge >= 0.3 is 0 Å². The number of halogens is 1. The zero-order valence-electron chi connectivity index (χ0n) is 12.0. The number of carbonyl (C=O) groups is 2. The molecule has 0 aromatic carbocycles. The summed E-state index contributed by atoms with van der Waals surface area (Å²) < 4.78 is 0. The zero-order valence-corrected chi connectivity index (χ0v) is 12.8. The van der Waals surface area contributed by atoms with Crippen LogP contribution >= 0.6 is 12.4 Å². The SMILES string of the molecule is CC(C)NC(=O)CN(C)C(=O)C1CCCC(N)C1.Cl. The van der Waals surface area contributed by atoms with E-state index in [0.29, 0.717) is 0 Å². The smallest absolute Gasteiger partial charge is 0.239 e. The number of hydrogen-bond donors (Lipinski definition) is 2. The quantitative estimate of drug-likeness (QED) is 0.808. The van der Waals surface area contributed by atoms with E-state index in [0.717, 1.165) is 25.7 Å². The molecule has 0 bridgehead atoms. The Balaban J connectivity index is 0.00000324. The van der Waals surface area contributed by atoms with E-state index < -0.39 is 0 Å². The van der Waals surface area contributed by atoms with Crippen LogP contribution in [-0.2, 0) is 9.59 Å². The van der Waals surface area contributed by atoms with E-state index in [2.05, 4.69) is 5.32 Å². The van der Waals surface area contributed by atoms with E-state index in [1.54, 1.807) is 7.05 Å². The van der Waals surface area contributed by atoms with Crippen molar-refractivity contribution in [1.82, 2.24) is 10.2 Å². The van der Waals surface area contributed by atoms with Gasteiger partial charge in [0.05, 0.1) is 6.54 Å². The molecule has 0 saturated heterocycles. The lowest BCUT2D eigenvalue weighted by molar-refractivity contribution is -0.139.